The largest absolute Gasteiger partial charge is 0.489 e. The van der Waals surface area contributed by atoms with Crippen LogP contribution in [0.15, 0.2) is 47.4 Å². The minimum Gasteiger partial charge on any atom is -0.489 e. The van der Waals surface area contributed by atoms with Crippen molar-refractivity contribution < 1.29 is 18.7 Å². The summed E-state index contributed by atoms with van der Waals surface area (Å²) in [5.41, 5.74) is 3.61. The summed E-state index contributed by atoms with van der Waals surface area (Å²) in [6.45, 7) is 0.00688. The van der Waals surface area contributed by atoms with E-state index in [-0.39, 0.29) is 23.8 Å². The van der Waals surface area contributed by atoms with E-state index in [4.69, 9.17) is 28.6 Å². The lowest BCUT2D eigenvalue weighted by Crippen LogP contribution is -2.57. The van der Waals surface area contributed by atoms with Gasteiger partial charge in [-0.3, -0.25) is 15.0 Å². The fourth-order valence-electron chi connectivity index (χ4n) is 6.81. The van der Waals surface area contributed by atoms with Crippen molar-refractivity contribution in [2.75, 3.05) is 0 Å². The van der Waals surface area contributed by atoms with E-state index in [0.717, 1.165) is 24.8 Å². The van der Waals surface area contributed by atoms with Crippen molar-refractivity contribution in [3.63, 3.8) is 0 Å². The number of nitrogens with one attached hydrogen (secondary N) is 1. The minimum atomic E-state index is -0.415. The third-order valence-electron chi connectivity index (χ3n) is 8.15. The number of benzene rings is 2. The van der Waals surface area contributed by atoms with Gasteiger partial charge in [0.1, 0.15) is 18.2 Å². The molecule has 2 aromatic carbocycles. The Morgan fingerprint density at radius 2 is 1.78 bits per heavy atom. The molecule has 9 heteroatoms. The van der Waals surface area contributed by atoms with E-state index < -0.39 is 5.82 Å². The molecule has 1 heterocycles. The number of carbonyl (C=O) groups is 2. The number of nitrogens with zero attached hydrogens (tertiary/aromatic N) is 1. The first-order chi connectivity index (χ1) is 17.8. The number of halogens is 2. The second kappa shape index (κ2) is 9.71. The first kappa shape index (κ1) is 24.9. The Kier molecular flexibility index (Phi) is 6.53. The molecule has 5 fully saturated rings. The van der Waals surface area contributed by atoms with Gasteiger partial charge in [-0.1, -0.05) is 41.6 Å². The van der Waals surface area contributed by atoms with Gasteiger partial charge in [0, 0.05) is 5.56 Å². The summed E-state index contributed by atoms with van der Waals surface area (Å²) in [5.74, 6) is 1.67. The Hall–Kier alpha value is -2.42. The lowest BCUT2D eigenvalue weighted by Gasteiger charge is -2.55. The lowest BCUT2D eigenvalue weighted by molar-refractivity contribution is -0.152. The lowest BCUT2D eigenvalue weighted by atomic mass is 9.49. The van der Waals surface area contributed by atoms with Crippen molar-refractivity contribution in [2.45, 2.75) is 45.1 Å². The number of carbonyl (C=O) groups excluding carboxylic acids is 2. The van der Waals surface area contributed by atoms with Crippen LogP contribution in [-0.2, 0) is 16.2 Å². The molecule has 0 unspecified atom stereocenters. The number of ether oxygens (including phenoxy) is 1. The van der Waals surface area contributed by atoms with E-state index >= 15 is 0 Å². The average molecular weight is 557 g/mol. The van der Waals surface area contributed by atoms with Crippen LogP contribution in [0, 0.1) is 29.0 Å². The minimum absolute atomic E-state index is 0.00688. The highest BCUT2D eigenvalue weighted by atomic mass is 35.5. The van der Waals surface area contributed by atoms with Gasteiger partial charge in [0.2, 0.25) is 5.91 Å². The van der Waals surface area contributed by atoms with E-state index in [9.17, 15) is 14.0 Å². The van der Waals surface area contributed by atoms with E-state index in [1.807, 2.05) is 0 Å². The first-order valence-electron chi connectivity index (χ1n) is 12.5. The molecule has 192 valence electrons. The molecule has 1 aliphatic heterocycles. The summed E-state index contributed by atoms with van der Waals surface area (Å²) in [5, 5.41) is 1.55. The summed E-state index contributed by atoms with van der Waals surface area (Å²) in [4.78, 5) is 27.0. The second-order valence-corrected chi connectivity index (χ2v) is 12.8. The Labute approximate surface area is 229 Å². The molecule has 0 radical (unpaired) electrons. The van der Waals surface area contributed by atoms with Gasteiger partial charge >= 0.3 is 0 Å². The number of thioether (sulfide) groups is 1. The van der Waals surface area contributed by atoms with E-state index in [1.54, 1.807) is 42.5 Å². The van der Waals surface area contributed by atoms with Crippen molar-refractivity contribution in [1.82, 2.24) is 10.4 Å². The topological polar surface area (TPSA) is 58.6 Å². The van der Waals surface area contributed by atoms with Gasteiger partial charge in [0.25, 0.3) is 5.91 Å². The van der Waals surface area contributed by atoms with Crippen LogP contribution in [0.25, 0.3) is 6.08 Å². The van der Waals surface area contributed by atoms with Gasteiger partial charge in [-0.15, -0.1) is 0 Å². The van der Waals surface area contributed by atoms with Crippen LogP contribution in [0.2, 0.25) is 5.02 Å². The number of rotatable bonds is 6. The number of hydrazine groups is 1. The molecule has 2 aromatic rings. The maximum Gasteiger partial charge on any atom is 0.285 e. The maximum absolute atomic E-state index is 14.0. The molecule has 0 spiro atoms. The molecular weight excluding hydrogens is 531 g/mol. The third kappa shape index (κ3) is 4.79. The molecule has 4 aliphatic carbocycles. The first-order valence-corrected chi connectivity index (χ1v) is 14.1. The fraction of sp³-hybridized carbons (Fsp3) is 0.393. The van der Waals surface area contributed by atoms with Crippen molar-refractivity contribution in [2.24, 2.45) is 23.2 Å². The number of hydrogen-bond acceptors (Lipinski definition) is 5. The summed E-state index contributed by atoms with van der Waals surface area (Å²) < 4.78 is 20.0. The van der Waals surface area contributed by atoms with E-state index in [1.165, 1.54) is 42.1 Å². The molecule has 2 amide bonds. The zero-order valence-corrected chi connectivity index (χ0v) is 22.4. The molecule has 37 heavy (non-hydrogen) atoms. The van der Waals surface area contributed by atoms with Crippen molar-refractivity contribution in [1.29, 1.82) is 0 Å². The summed E-state index contributed by atoms with van der Waals surface area (Å²) in [6.07, 6.45) is 8.26. The third-order valence-corrected chi connectivity index (χ3v) is 9.81. The molecule has 0 atom stereocenters. The Bertz CT molecular complexity index is 1260. The van der Waals surface area contributed by atoms with Gasteiger partial charge in [-0.05, 0) is 104 Å². The Morgan fingerprint density at radius 3 is 2.41 bits per heavy atom. The van der Waals surface area contributed by atoms with Gasteiger partial charge in [0.15, 0.2) is 4.32 Å². The van der Waals surface area contributed by atoms with Gasteiger partial charge in [-0.25, -0.2) is 4.39 Å². The van der Waals surface area contributed by atoms with E-state index in [0.29, 0.717) is 43.3 Å². The second-order valence-electron chi connectivity index (χ2n) is 10.7. The van der Waals surface area contributed by atoms with Crippen LogP contribution in [0.4, 0.5) is 4.39 Å². The normalized spacial score (nSPS) is 29.3. The van der Waals surface area contributed by atoms with Crippen LogP contribution in [0.1, 0.15) is 49.7 Å². The van der Waals surface area contributed by atoms with Crippen LogP contribution in [0.3, 0.4) is 0 Å². The fourth-order valence-corrected chi connectivity index (χ4v) is 8.21. The quantitative estimate of drug-likeness (QED) is 0.325. The monoisotopic (exact) mass is 556 g/mol. The highest BCUT2D eigenvalue weighted by molar-refractivity contribution is 8.26. The number of amides is 2. The standard InChI is InChI=1S/C28H26ClFN2O3S2/c29-22-2-1-3-23(30)21(22)15-35-20-6-4-16(5-7-20)11-24-25(33)32(27(36)37-24)31-26(34)28-12-17-8-18(13-28)10-19(9-17)14-28/h1-7,11,17-19H,8-10,12-15H2,(H,31,34)/b24-11-. The summed E-state index contributed by atoms with van der Waals surface area (Å²) in [7, 11) is 0. The SMILES string of the molecule is O=C1/C(=C/c2ccc(OCc3c(F)cccc3Cl)cc2)SC(=S)N1NC(=O)C12CC3CC(CC(C3)C1)C2. The van der Waals surface area contributed by atoms with E-state index in [2.05, 4.69) is 5.43 Å². The van der Waals surface area contributed by atoms with Crippen LogP contribution >= 0.6 is 35.6 Å². The molecule has 1 saturated heterocycles. The molecule has 5 nitrogen and oxygen atoms in total. The van der Waals surface area contributed by atoms with Crippen LogP contribution in [0.5, 0.6) is 5.75 Å². The van der Waals surface area contributed by atoms with Crippen molar-refractivity contribution in [3.8, 4) is 5.75 Å². The van der Waals surface area contributed by atoms with Crippen molar-refractivity contribution in [3.05, 3.63) is 69.3 Å². The molecule has 1 N–H and O–H groups in total. The Morgan fingerprint density at radius 1 is 1.14 bits per heavy atom. The molecule has 5 aliphatic rings. The highest BCUT2D eigenvalue weighted by Gasteiger charge is 2.55. The van der Waals surface area contributed by atoms with Gasteiger partial charge in [-0.2, -0.15) is 5.01 Å². The molecule has 4 bridgehead atoms. The maximum atomic E-state index is 14.0. The smallest absolute Gasteiger partial charge is 0.285 e. The average Bonchev–Trinajstić information content (AvgIpc) is 3.11. The van der Waals surface area contributed by atoms with Crippen molar-refractivity contribution >= 4 is 57.8 Å². The molecule has 4 saturated carbocycles. The highest BCUT2D eigenvalue weighted by Crippen LogP contribution is 2.60. The zero-order valence-electron chi connectivity index (χ0n) is 20.0. The molecule has 0 aromatic heterocycles. The predicted molar refractivity (Wildman–Crippen MR) is 146 cm³/mol. The molecular formula is C28H26ClFN2O3S2. The summed E-state index contributed by atoms with van der Waals surface area (Å²) >= 11 is 12.7. The number of hydrogen-bond donors (Lipinski definition) is 1. The summed E-state index contributed by atoms with van der Waals surface area (Å²) in [6, 6.07) is 11.6. The zero-order chi connectivity index (χ0) is 25.7. The van der Waals surface area contributed by atoms with Gasteiger partial charge in [0.05, 0.1) is 15.3 Å². The predicted octanol–water partition coefficient (Wildman–Crippen LogP) is 6.51. The van der Waals surface area contributed by atoms with Gasteiger partial charge < -0.3 is 4.74 Å². The van der Waals surface area contributed by atoms with Crippen LogP contribution in [-0.4, -0.2) is 21.1 Å². The Balaban J connectivity index is 1.10. The number of thiocarbonyl (C=S) groups is 1. The van der Waals surface area contributed by atoms with Crippen LogP contribution < -0.4 is 10.2 Å². The molecule has 7 rings (SSSR count).